The van der Waals surface area contributed by atoms with Gasteiger partial charge in [-0.05, 0) is 57.2 Å². The number of aryl methyl sites for hydroxylation is 2. The van der Waals surface area contributed by atoms with Crippen molar-refractivity contribution in [1.29, 1.82) is 0 Å². The number of aromatic nitrogens is 3. The second kappa shape index (κ2) is 7.60. The molecule has 0 radical (unpaired) electrons. The van der Waals surface area contributed by atoms with Crippen molar-refractivity contribution in [3.8, 4) is 16.9 Å². The zero-order valence-electron chi connectivity index (χ0n) is 16.2. The number of thiazole rings is 1. The van der Waals surface area contributed by atoms with E-state index in [2.05, 4.69) is 15.4 Å². The molecule has 0 aliphatic carbocycles. The van der Waals surface area contributed by atoms with E-state index in [1.54, 1.807) is 35.1 Å². The molecule has 7 heteroatoms. The first-order valence-electron chi connectivity index (χ1n) is 9.08. The predicted molar refractivity (Wildman–Crippen MR) is 113 cm³/mol. The molecule has 2 heterocycles. The number of anilines is 1. The lowest BCUT2D eigenvalue weighted by atomic mass is 10.1. The Morgan fingerprint density at radius 2 is 1.86 bits per heavy atom. The third-order valence-electron chi connectivity index (χ3n) is 4.62. The van der Waals surface area contributed by atoms with Crippen molar-refractivity contribution in [1.82, 2.24) is 14.8 Å². The van der Waals surface area contributed by atoms with Crippen molar-refractivity contribution >= 4 is 22.9 Å². The summed E-state index contributed by atoms with van der Waals surface area (Å²) < 4.78 is 14.9. The first kappa shape index (κ1) is 19.0. The molecule has 0 atom stereocenters. The first-order chi connectivity index (χ1) is 13.9. The lowest BCUT2D eigenvalue weighted by molar-refractivity contribution is 0.102. The summed E-state index contributed by atoms with van der Waals surface area (Å²) in [6, 6.07) is 13.6. The topological polar surface area (TPSA) is 59.8 Å². The highest BCUT2D eigenvalue weighted by Crippen LogP contribution is 2.25. The Labute approximate surface area is 171 Å². The maximum atomic E-state index is 13.2. The largest absolute Gasteiger partial charge is 0.322 e. The van der Waals surface area contributed by atoms with Crippen molar-refractivity contribution in [2.24, 2.45) is 0 Å². The first-order valence-corrected chi connectivity index (χ1v) is 9.96. The molecule has 0 saturated heterocycles. The van der Waals surface area contributed by atoms with Gasteiger partial charge in [0.05, 0.1) is 33.3 Å². The fourth-order valence-corrected chi connectivity index (χ4v) is 3.87. The molecule has 0 saturated carbocycles. The Morgan fingerprint density at radius 3 is 2.55 bits per heavy atom. The summed E-state index contributed by atoms with van der Waals surface area (Å²) in [6.07, 6.45) is 0. The van der Waals surface area contributed by atoms with Crippen molar-refractivity contribution < 1.29 is 9.18 Å². The molecule has 1 amide bonds. The van der Waals surface area contributed by atoms with E-state index in [0.717, 1.165) is 16.3 Å². The minimum absolute atomic E-state index is 0.236. The fourth-order valence-electron chi connectivity index (χ4n) is 3.25. The van der Waals surface area contributed by atoms with E-state index in [-0.39, 0.29) is 11.7 Å². The minimum Gasteiger partial charge on any atom is -0.322 e. The van der Waals surface area contributed by atoms with Crippen LogP contribution in [0.2, 0.25) is 0 Å². The van der Waals surface area contributed by atoms with E-state index in [1.807, 2.05) is 43.5 Å². The molecule has 5 nitrogen and oxygen atoms in total. The van der Waals surface area contributed by atoms with Gasteiger partial charge in [0.25, 0.3) is 5.91 Å². The number of rotatable bonds is 4. The van der Waals surface area contributed by atoms with E-state index in [0.29, 0.717) is 28.3 Å². The molecular formula is C22H19FN4OS. The van der Waals surface area contributed by atoms with E-state index < -0.39 is 0 Å². The smallest absolute Gasteiger partial charge is 0.259 e. The Kier molecular flexibility index (Phi) is 4.98. The summed E-state index contributed by atoms with van der Waals surface area (Å²) in [5.41, 5.74) is 5.03. The fraction of sp³-hybridized carbons (Fsp3) is 0.136. The van der Waals surface area contributed by atoms with Gasteiger partial charge in [-0.1, -0.05) is 12.1 Å². The average molecular weight is 406 g/mol. The van der Waals surface area contributed by atoms with Crippen LogP contribution < -0.4 is 5.32 Å². The van der Waals surface area contributed by atoms with Gasteiger partial charge >= 0.3 is 0 Å². The Morgan fingerprint density at radius 1 is 1.10 bits per heavy atom. The highest BCUT2D eigenvalue weighted by Gasteiger charge is 2.20. The van der Waals surface area contributed by atoms with Crippen LogP contribution in [-0.2, 0) is 0 Å². The van der Waals surface area contributed by atoms with E-state index in [1.165, 1.54) is 12.1 Å². The lowest BCUT2D eigenvalue weighted by Gasteiger charge is -2.08. The van der Waals surface area contributed by atoms with E-state index in [9.17, 15) is 9.18 Å². The molecule has 2 aromatic carbocycles. The lowest BCUT2D eigenvalue weighted by Crippen LogP contribution is -2.14. The van der Waals surface area contributed by atoms with Crippen LogP contribution in [0.5, 0.6) is 0 Å². The maximum Gasteiger partial charge on any atom is 0.259 e. The van der Waals surface area contributed by atoms with Gasteiger partial charge in [0.2, 0.25) is 0 Å². The van der Waals surface area contributed by atoms with Gasteiger partial charge in [-0.2, -0.15) is 5.10 Å². The molecule has 29 heavy (non-hydrogen) atoms. The average Bonchev–Trinajstić information content (AvgIpc) is 3.25. The van der Waals surface area contributed by atoms with Gasteiger partial charge in [0.15, 0.2) is 0 Å². The summed E-state index contributed by atoms with van der Waals surface area (Å²) in [6.45, 7) is 5.58. The highest BCUT2D eigenvalue weighted by molar-refractivity contribution is 7.09. The van der Waals surface area contributed by atoms with Crippen LogP contribution >= 0.6 is 11.3 Å². The van der Waals surface area contributed by atoms with Gasteiger partial charge in [0, 0.05) is 16.6 Å². The van der Waals surface area contributed by atoms with Crippen LogP contribution in [0.15, 0.2) is 53.9 Å². The van der Waals surface area contributed by atoms with Crippen molar-refractivity contribution in [3.63, 3.8) is 0 Å². The van der Waals surface area contributed by atoms with Crippen molar-refractivity contribution in [2.75, 3.05) is 5.32 Å². The summed E-state index contributed by atoms with van der Waals surface area (Å²) >= 11 is 1.59. The summed E-state index contributed by atoms with van der Waals surface area (Å²) in [5.74, 6) is -0.552. The Hall–Kier alpha value is -3.32. The minimum atomic E-state index is -0.316. The predicted octanol–water partition coefficient (Wildman–Crippen LogP) is 5.31. The second-order valence-electron chi connectivity index (χ2n) is 6.72. The monoisotopic (exact) mass is 406 g/mol. The molecule has 1 N–H and O–H groups in total. The standard InChI is InChI=1S/C22H19FN4OS/c1-13-21(14(2)27(26-13)19-9-7-17(23)8-10-19)22(28)25-18-6-4-5-16(11-18)20-12-29-15(3)24-20/h4-12H,1-3H3,(H,25,28). The molecule has 0 bridgehead atoms. The number of amides is 1. The number of nitrogens with zero attached hydrogens (tertiary/aromatic N) is 3. The number of hydrogen-bond acceptors (Lipinski definition) is 4. The maximum absolute atomic E-state index is 13.2. The van der Waals surface area contributed by atoms with Gasteiger partial charge in [-0.15, -0.1) is 11.3 Å². The van der Waals surface area contributed by atoms with Crippen molar-refractivity contribution in [2.45, 2.75) is 20.8 Å². The van der Waals surface area contributed by atoms with Crippen LogP contribution in [0.4, 0.5) is 10.1 Å². The van der Waals surface area contributed by atoms with E-state index >= 15 is 0 Å². The summed E-state index contributed by atoms with van der Waals surface area (Å²) in [4.78, 5) is 17.5. The molecule has 0 aliphatic heterocycles. The Balaban J connectivity index is 1.62. The number of carbonyl (C=O) groups excluding carboxylic acids is 1. The number of carbonyl (C=O) groups is 1. The third kappa shape index (κ3) is 3.82. The molecule has 0 aliphatic rings. The van der Waals surface area contributed by atoms with Crippen molar-refractivity contribution in [3.05, 3.63) is 81.7 Å². The molecular weight excluding hydrogens is 387 g/mol. The molecule has 146 valence electrons. The normalized spacial score (nSPS) is 10.9. The quantitative estimate of drug-likeness (QED) is 0.499. The molecule has 0 fully saturated rings. The SMILES string of the molecule is Cc1nc(-c2cccc(NC(=O)c3c(C)nn(-c4ccc(F)cc4)c3C)c2)cs1. The van der Waals surface area contributed by atoms with Gasteiger partial charge in [0.1, 0.15) is 5.82 Å². The number of benzene rings is 2. The summed E-state index contributed by atoms with van der Waals surface area (Å²) in [5, 5.41) is 10.4. The van der Waals surface area contributed by atoms with Crippen LogP contribution in [0.3, 0.4) is 0 Å². The molecule has 4 aromatic rings. The Bertz CT molecular complexity index is 1190. The zero-order chi connectivity index (χ0) is 20.5. The second-order valence-corrected chi connectivity index (χ2v) is 7.78. The van der Waals surface area contributed by atoms with Gasteiger partial charge in [-0.3, -0.25) is 4.79 Å². The highest BCUT2D eigenvalue weighted by atomic mass is 32.1. The van der Waals surface area contributed by atoms with E-state index in [4.69, 9.17) is 0 Å². The van der Waals surface area contributed by atoms with Crippen LogP contribution in [-0.4, -0.2) is 20.7 Å². The van der Waals surface area contributed by atoms with Crippen LogP contribution in [0, 0.1) is 26.6 Å². The molecule has 0 unspecified atom stereocenters. The zero-order valence-corrected chi connectivity index (χ0v) is 17.0. The van der Waals surface area contributed by atoms with Gasteiger partial charge < -0.3 is 5.32 Å². The number of hydrogen-bond donors (Lipinski definition) is 1. The van der Waals surface area contributed by atoms with Crippen LogP contribution in [0.25, 0.3) is 16.9 Å². The molecule has 0 spiro atoms. The third-order valence-corrected chi connectivity index (χ3v) is 5.40. The number of nitrogens with one attached hydrogen (secondary N) is 1. The van der Waals surface area contributed by atoms with Gasteiger partial charge in [-0.25, -0.2) is 14.1 Å². The molecule has 4 rings (SSSR count). The summed E-state index contributed by atoms with van der Waals surface area (Å²) in [7, 11) is 0. The van der Waals surface area contributed by atoms with Crippen LogP contribution in [0.1, 0.15) is 26.8 Å². The molecule has 2 aromatic heterocycles. The number of halogens is 1.